The first-order chi connectivity index (χ1) is 8.74. The number of rotatable bonds is 10. The van der Waals surface area contributed by atoms with Crippen LogP contribution in [0.5, 0.6) is 0 Å². The van der Waals surface area contributed by atoms with Crippen molar-refractivity contribution in [2.45, 2.75) is 44.9 Å². The highest BCUT2D eigenvalue weighted by molar-refractivity contribution is 5.81. The molecular weight excluding hydrogens is 230 g/mol. The molecule has 0 aromatic carbocycles. The van der Waals surface area contributed by atoms with Crippen LogP contribution in [0.2, 0.25) is 0 Å². The van der Waals surface area contributed by atoms with Gasteiger partial charge in [-0.15, -0.1) is 0 Å². The Morgan fingerprint density at radius 2 is 1.67 bits per heavy atom. The molecule has 0 spiro atoms. The lowest BCUT2D eigenvalue weighted by atomic mass is 10.1. The topological polar surface area (TPSA) is 84.2 Å². The maximum Gasteiger partial charge on any atom is 0.223 e. The van der Waals surface area contributed by atoms with Crippen LogP contribution < -0.4 is 16.4 Å². The van der Waals surface area contributed by atoms with Crippen molar-refractivity contribution in [1.82, 2.24) is 10.6 Å². The Morgan fingerprint density at radius 1 is 1.00 bits per heavy atom. The van der Waals surface area contributed by atoms with Gasteiger partial charge >= 0.3 is 0 Å². The Balaban J connectivity index is 1.85. The van der Waals surface area contributed by atoms with E-state index in [-0.39, 0.29) is 17.7 Å². The molecule has 0 radical (unpaired) electrons. The summed E-state index contributed by atoms with van der Waals surface area (Å²) in [6, 6.07) is 0. The van der Waals surface area contributed by atoms with E-state index < -0.39 is 0 Å². The predicted octanol–water partition coefficient (Wildman–Crippen LogP) is 0.538. The lowest BCUT2D eigenvalue weighted by molar-refractivity contribution is -0.123. The van der Waals surface area contributed by atoms with Gasteiger partial charge in [-0.2, -0.15) is 0 Å². The second kappa shape index (κ2) is 8.91. The summed E-state index contributed by atoms with van der Waals surface area (Å²) in [6.45, 7) is 1.79. The van der Waals surface area contributed by atoms with E-state index >= 15 is 0 Å². The highest BCUT2D eigenvalue weighted by Gasteiger charge is 2.28. The molecule has 0 aliphatic heterocycles. The summed E-state index contributed by atoms with van der Waals surface area (Å²) in [4.78, 5) is 22.7. The Hall–Kier alpha value is -1.10. The van der Waals surface area contributed by atoms with Crippen molar-refractivity contribution in [3.8, 4) is 0 Å². The molecule has 0 heterocycles. The number of carbonyl (C=O) groups excluding carboxylic acids is 2. The standard InChI is InChI=1S/C13H25N3O2/c14-8-4-2-1-3-5-12(17)15-9-10-16-13(18)11-6-7-11/h11H,1-10,14H2,(H,15,17)(H,16,18). The predicted molar refractivity (Wildman–Crippen MR) is 70.9 cm³/mol. The lowest BCUT2D eigenvalue weighted by Gasteiger charge is -2.06. The van der Waals surface area contributed by atoms with Gasteiger partial charge in [0.05, 0.1) is 0 Å². The van der Waals surface area contributed by atoms with Gasteiger partial charge in [0, 0.05) is 25.4 Å². The molecular formula is C13H25N3O2. The van der Waals surface area contributed by atoms with E-state index in [1.54, 1.807) is 0 Å². The van der Waals surface area contributed by atoms with Gasteiger partial charge in [-0.3, -0.25) is 9.59 Å². The summed E-state index contributed by atoms with van der Waals surface area (Å²) in [5, 5.41) is 5.63. The third kappa shape index (κ3) is 7.27. The number of carbonyl (C=O) groups is 2. The van der Waals surface area contributed by atoms with E-state index in [4.69, 9.17) is 5.73 Å². The SMILES string of the molecule is NCCCCCCC(=O)NCCNC(=O)C1CC1. The van der Waals surface area contributed by atoms with Crippen LogP contribution in [0.15, 0.2) is 0 Å². The molecule has 5 heteroatoms. The molecule has 0 saturated heterocycles. The van der Waals surface area contributed by atoms with Gasteiger partial charge in [-0.25, -0.2) is 0 Å². The molecule has 0 atom stereocenters. The average Bonchev–Trinajstić information content (AvgIpc) is 3.18. The van der Waals surface area contributed by atoms with Gasteiger partial charge in [-0.05, 0) is 32.2 Å². The minimum absolute atomic E-state index is 0.0726. The maximum atomic E-state index is 11.4. The average molecular weight is 255 g/mol. The molecule has 5 nitrogen and oxygen atoms in total. The van der Waals surface area contributed by atoms with Gasteiger partial charge in [0.2, 0.25) is 11.8 Å². The molecule has 104 valence electrons. The van der Waals surface area contributed by atoms with Crippen LogP contribution in [0, 0.1) is 5.92 Å². The summed E-state index contributed by atoms with van der Waals surface area (Å²) in [5.41, 5.74) is 5.39. The van der Waals surface area contributed by atoms with Crippen LogP contribution in [0.25, 0.3) is 0 Å². The fourth-order valence-corrected chi connectivity index (χ4v) is 1.75. The highest BCUT2D eigenvalue weighted by Crippen LogP contribution is 2.28. The fourth-order valence-electron chi connectivity index (χ4n) is 1.75. The molecule has 0 unspecified atom stereocenters. The lowest BCUT2D eigenvalue weighted by Crippen LogP contribution is -2.35. The van der Waals surface area contributed by atoms with E-state index in [1.807, 2.05) is 0 Å². The number of unbranched alkanes of at least 4 members (excludes halogenated alkanes) is 3. The molecule has 1 aliphatic rings. The van der Waals surface area contributed by atoms with Crippen molar-refractivity contribution in [2.24, 2.45) is 11.7 Å². The van der Waals surface area contributed by atoms with Gasteiger partial charge in [0.15, 0.2) is 0 Å². The largest absolute Gasteiger partial charge is 0.354 e. The molecule has 1 aliphatic carbocycles. The summed E-state index contributed by atoms with van der Waals surface area (Å²) in [7, 11) is 0. The Labute approximate surface area is 109 Å². The third-order valence-corrected chi connectivity index (χ3v) is 3.05. The number of nitrogens with two attached hydrogens (primary N) is 1. The second-order valence-corrected chi connectivity index (χ2v) is 4.87. The molecule has 4 N–H and O–H groups in total. The highest BCUT2D eigenvalue weighted by atomic mass is 16.2. The van der Waals surface area contributed by atoms with Crippen molar-refractivity contribution in [1.29, 1.82) is 0 Å². The number of hydrogen-bond acceptors (Lipinski definition) is 3. The number of nitrogens with one attached hydrogen (secondary N) is 2. The van der Waals surface area contributed by atoms with E-state index in [1.165, 1.54) is 0 Å². The van der Waals surface area contributed by atoms with Crippen LogP contribution in [0.3, 0.4) is 0 Å². The van der Waals surface area contributed by atoms with E-state index in [0.717, 1.165) is 45.1 Å². The van der Waals surface area contributed by atoms with E-state index in [0.29, 0.717) is 19.5 Å². The zero-order valence-electron chi connectivity index (χ0n) is 11.0. The van der Waals surface area contributed by atoms with Crippen molar-refractivity contribution in [3.63, 3.8) is 0 Å². The summed E-state index contributed by atoms with van der Waals surface area (Å²) in [5.74, 6) is 0.442. The number of amides is 2. The van der Waals surface area contributed by atoms with Gasteiger partial charge in [0.1, 0.15) is 0 Å². The summed E-state index contributed by atoms with van der Waals surface area (Å²) < 4.78 is 0. The monoisotopic (exact) mass is 255 g/mol. The van der Waals surface area contributed by atoms with Crippen LogP contribution in [0.4, 0.5) is 0 Å². The molecule has 1 fully saturated rings. The van der Waals surface area contributed by atoms with Crippen LogP contribution in [-0.4, -0.2) is 31.4 Å². The smallest absolute Gasteiger partial charge is 0.223 e. The zero-order valence-corrected chi connectivity index (χ0v) is 11.0. The van der Waals surface area contributed by atoms with Crippen molar-refractivity contribution >= 4 is 11.8 Å². The molecule has 1 saturated carbocycles. The van der Waals surface area contributed by atoms with Crippen molar-refractivity contribution in [3.05, 3.63) is 0 Å². The normalized spacial score (nSPS) is 14.3. The zero-order chi connectivity index (χ0) is 13.2. The first-order valence-electron chi connectivity index (χ1n) is 6.98. The maximum absolute atomic E-state index is 11.4. The summed E-state index contributed by atoms with van der Waals surface area (Å²) >= 11 is 0. The minimum Gasteiger partial charge on any atom is -0.354 e. The minimum atomic E-state index is 0.0726. The molecule has 1 rings (SSSR count). The van der Waals surface area contributed by atoms with Crippen LogP contribution >= 0.6 is 0 Å². The van der Waals surface area contributed by atoms with Gasteiger partial charge < -0.3 is 16.4 Å². The second-order valence-electron chi connectivity index (χ2n) is 4.87. The third-order valence-electron chi connectivity index (χ3n) is 3.05. The van der Waals surface area contributed by atoms with E-state index in [9.17, 15) is 9.59 Å². The van der Waals surface area contributed by atoms with Crippen LogP contribution in [-0.2, 0) is 9.59 Å². The van der Waals surface area contributed by atoms with Crippen molar-refractivity contribution in [2.75, 3.05) is 19.6 Å². The number of hydrogen-bond donors (Lipinski definition) is 3. The van der Waals surface area contributed by atoms with E-state index in [2.05, 4.69) is 10.6 Å². The van der Waals surface area contributed by atoms with Gasteiger partial charge in [-0.1, -0.05) is 12.8 Å². The molecule has 2 amide bonds. The molecule has 0 aromatic heterocycles. The fraction of sp³-hybridized carbons (Fsp3) is 0.846. The van der Waals surface area contributed by atoms with Crippen molar-refractivity contribution < 1.29 is 9.59 Å². The first kappa shape index (κ1) is 15.0. The quantitative estimate of drug-likeness (QED) is 0.498. The molecule has 0 aromatic rings. The first-order valence-corrected chi connectivity index (χ1v) is 6.98. The molecule has 18 heavy (non-hydrogen) atoms. The van der Waals surface area contributed by atoms with Crippen LogP contribution in [0.1, 0.15) is 44.9 Å². The Morgan fingerprint density at radius 3 is 2.33 bits per heavy atom. The Kier molecular flexibility index (Phi) is 7.41. The molecule has 0 bridgehead atoms. The van der Waals surface area contributed by atoms with Gasteiger partial charge in [0.25, 0.3) is 0 Å². The summed E-state index contributed by atoms with van der Waals surface area (Å²) in [6.07, 6.45) is 6.71. The Bertz CT molecular complexity index is 265.